The molecule has 0 aliphatic rings. The molecule has 0 aliphatic carbocycles. The van der Waals surface area contributed by atoms with E-state index in [4.69, 9.17) is 0 Å². The second-order valence-corrected chi connectivity index (χ2v) is 4.42. The Balaban J connectivity index is 3.23. The first-order chi connectivity index (χ1) is 8.01. The second-order valence-electron chi connectivity index (χ2n) is 4.42. The summed E-state index contributed by atoms with van der Waals surface area (Å²) < 4.78 is 13.5. The van der Waals surface area contributed by atoms with Crippen molar-refractivity contribution in [3.8, 4) is 0 Å². The molecule has 0 spiro atoms. The topological polar surface area (TPSA) is 23.5 Å². The van der Waals surface area contributed by atoms with E-state index in [-0.39, 0.29) is 5.82 Å². The lowest BCUT2D eigenvalue weighted by molar-refractivity contribution is 0.199. The van der Waals surface area contributed by atoms with Gasteiger partial charge in [0.25, 0.3) is 0 Å². The Bertz CT molecular complexity index is 377. The highest BCUT2D eigenvalue weighted by atomic mass is 19.1. The van der Waals surface area contributed by atoms with E-state index in [0.717, 1.165) is 25.2 Å². The summed E-state index contributed by atoms with van der Waals surface area (Å²) in [6.07, 6.45) is 0.384. The van der Waals surface area contributed by atoms with Gasteiger partial charge in [0.15, 0.2) is 0 Å². The summed E-state index contributed by atoms with van der Waals surface area (Å²) in [6, 6.07) is 3.28. The lowest BCUT2D eigenvalue weighted by Crippen LogP contribution is -2.25. The second kappa shape index (κ2) is 6.01. The van der Waals surface area contributed by atoms with Crippen LogP contribution in [0.15, 0.2) is 12.1 Å². The molecule has 0 aliphatic heterocycles. The maximum Gasteiger partial charge on any atom is 0.126 e. The Morgan fingerprint density at radius 1 is 1.35 bits per heavy atom. The molecule has 1 aromatic carbocycles. The molecule has 1 atom stereocenters. The Labute approximate surface area is 103 Å². The highest BCUT2D eigenvalue weighted by molar-refractivity contribution is 5.56. The number of hydrogen-bond donors (Lipinski definition) is 1. The van der Waals surface area contributed by atoms with Crippen LogP contribution in [0.3, 0.4) is 0 Å². The van der Waals surface area contributed by atoms with Crippen LogP contribution in [0.1, 0.15) is 44.4 Å². The predicted octanol–water partition coefficient (Wildman–Crippen LogP) is 3.42. The van der Waals surface area contributed by atoms with E-state index in [1.165, 1.54) is 6.07 Å². The van der Waals surface area contributed by atoms with Crippen LogP contribution in [0.4, 0.5) is 10.1 Å². The zero-order chi connectivity index (χ0) is 13.0. The maximum absolute atomic E-state index is 13.5. The van der Waals surface area contributed by atoms with Crippen LogP contribution in [0.5, 0.6) is 0 Å². The average Bonchev–Trinajstić information content (AvgIpc) is 2.29. The fourth-order valence-electron chi connectivity index (χ4n) is 2.01. The maximum atomic E-state index is 13.5. The van der Waals surface area contributed by atoms with E-state index in [1.54, 1.807) is 13.8 Å². The number of benzene rings is 1. The van der Waals surface area contributed by atoms with Crippen molar-refractivity contribution in [2.75, 3.05) is 18.0 Å². The normalized spacial score (nSPS) is 12.6. The minimum absolute atomic E-state index is 0.253. The number of aliphatic hydroxyl groups is 1. The molecule has 1 N–H and O–H groups in total. The van der Waals surface area contributed by atoms with Gasteiger partial charge < -0.3 is 10.0 Å². The third kappa shape index (κ3) is 3.19. The standard InChI is InChI=1S/C14H22FNO/c1-5-7-16(6-2)14-8-10(3)13(15)9-12(14)11(4)17/h8-9,11,17H,5-7H2,1-4H3/t11-/m1/s1. The van der Waals surface area contributed by atoms with Crippen molar-refractivity contribution in [2.45, 2.75) is 40.2 Å². The quantitative estimate of drug-likeness (QED) is 0.851. The van der Waals surface area contributed by atoms with Crippen LogP contribution in [0.25, 0.3) is 0 Å². The Kier molecular flexibility index (Phi) is 4.94. The van der Waals surface area contributed by atoms with Gasteiger partial charge in [0.1, 0.15) is 5.82 Å². The molecule has 96 valence electrons. The largest absolute Gasteiger partial charge is 0.389 e. The number of aliphatic hydroxyl groups excluding tert-OH is 1. The number of hydrogen-bond acceptors (Lipinski definition) is 2. The fourth-order valence-corrected chi connectivity index (χ4v) is 2.01. The van der Waals surface area contributed by atoms with Crippen molar-refractivity contribution < 1.29 is 9.50 Å². The molecule has 0 radical (unpaired) electrons. The third-order valence-electron chi connectivity index (χ3n) is 2.97. The molecule has 0 heterocycles. The van der Waals surface area contributed by atoms with Crippen molar-refractivity contribution in [3.05, 3.63) is 29.1 Å². The molecule has 0 aromatic heterocycles. The fraction of sp³-hybridized carbons (Fsp3) is 0.571. The van der Waals surface area contributed by atoms with E-state index in [9.17, 15) is 9.50 Å². The molecule has 0 unspecified atom stereocenters. The van der Waals surface area contributed by atoms with Gasteiger partial charge in [-0.05, 0) is 44.9 Å². The number of nitrogens with zero attached hydrogens (tertiary/aromatic N) is 1. The SMILES string of the molecule is CCCN(CC)c1cc(C)c(F)cc1[C@@H](C)O. The Morgan fingerprint density at radius 3 is 2.47 bits per heavy atom. The predicted molar refractivity (Wildman–Crippen MR) is 69.9 cm³/mol. The van der Waals surface area contributed by atoms with Gasteiger partial charge in [0.05, 0.1) is 6.10 Å². The number of halogens is 1. The van der Waals surface area contributed by atoms with Crippen LogP contribution in [-0.2, 0) is 0 Å². The minimum Gasteiger partial charge on any atom is -0.389 e. The lowest BCUT2D eigenvalue weighted by Gasteiger charge is -2.27. The molecule has 0 saturated carbocycles. The molecule has 17 heavy (non-hydrogen) atoms. The van der Waals surface area contributed by atoms with Gasteiger partial charge in [-0.1, -0.05) is 6.92 Å². The van der Waals surface area contributed by atoms with Gasteiger partial charge >= 0.3 is 0 Å². The summed E-state index contributed by atoms with van der Waals surface area (Å²) in [5.74, 6) is -0.253. The molecule has 1 aromatic rings. The summed E-state index contributed by atoms with van der Waals surface area (Å²) in [6.45, 7) is 9.39. The summed E-state index contributed by atoms with van der Waals surface area (Å²) in [7, 11) is 0. The summed E-state index contributed by atoms with van der Waals surface area (Å²) >= 11 is 0. The zero-order valence-electron chi connectivity index (χ0n) is 11.1. The van der Waals surface area contributed by atoms with Crippen molar-refractivity contribution in [1.82, 2.24) is 0 Å². The van der Waals surface area contributed by atoms with Gasteiger partial charge in [-0.3, -0.25) is 0 Å². The minimum atomic E-state index is -0.647. The van der Waals surface area contributed by atoms with Crippen LogP contribution in [-0.4, -0.2) is 18.2 Å². The summed E-state index contributed by atoms with van der Waals surface area (Å²) in [5.41, 5.74) is 2.24. The van der Waals surface area contributed by atoms with Gasteiger partial charge in [-0.15, -0.1) is 0 Å². The van der Waals surface area contributed by atoms with Gasteiger partial charge in [0.2, 0.25) is 0 Å². The van der Waals surface area contributed by atoms with Crippen molar-refractivity contribution in [2.24, 2.45) is 0 Å². The van der Waals surface area contributed by atoms with E-state index < -0.39 is 6.10 Å². The van der Waals surface area contributed by atoms with Crippen molar-refractivity contribution in [1.29, 1.82) is 0 Å². The lowest BCUT2D eigenvalue weighted by atomic mass is 10.0. The zero-order valence-corrected chi connectivity index (χ0v) is 11.1. The highest BCUT2D eigenvalue weighted by Gasteiger charge is 2.15. The Hall–Kier alpha value is -1.09. The molecule has 0 amide bonds. The number of anilines is 1. The summed E-state index contributed by atoms with van der Waals surface area (Å²) in [4.78, 5) is 2.18. The van der Waals surface area contributed by atoms with Crippen LogP contribution >= 0.6 is 0 Å². The molecule has 1 rings (SSSR count). The smallest absolute Gasteiger partial charge is 0.126 e. The average molecular weight is 239 g/mol. The van der Waals surface area contributed by atoms with Crippen molar-refractivity contribution >= 4 is 5.69 Å². The first kappa shape index (κ1) is 14.0. The first-order valence-corrected chi connectivity index (χ1v) is 6.24. The Morgan fingerprint density at radius 2 is 2.00 bits per heavy atom. The monoisotopic (exact) mass is 239 g/mol. The molecule has 0 bridgehead atoms. The number of aryl methyl sites for hydroxylation is 1. The van der Waals surface area contributed by atoms with E-state index in [0.29, 0.717) is 11.1 Å². The molecule has 2 nitrogen and oxygen atoms in total. The van der Waals surface area contributed by atoms with Crippen LogP contribution in [0.2, 0.25) is 0 Å². The van der Waals surface area contributed by atoms with Gasteiger partial charge in [0, 0.05) is 24.3 Å². The number of rotatable bonds is 5. The van der Waals surface area contributed by atoms with E-state index in [1.807, 2.05) is 6.07 Å². The van der Waals surface area contributed by atoms with Crippen molar-refractivity contribution in [3.63, 3.8) is 0 Å². The van der Waals surface area contributed by atoms with Crippen LogP contribution < -0.4 is 4.90 Å². The van der Waals surface area contributed by atoms with Gasteiger partial charge in [-0.25, -0.2) is 4.39 Å². The molecular formula is C14H22FNO. The molecular weight excluding hydrogens is 217 g/mol. The van der Waals surface area contributed by atoms with E-state index in [2.05, 4.69) is 18.7 Å². The van der Waals surface area contributed by atoms with Gasteiger partial charge in [-0.2, -0.15) is 0 Å². The van der Waals surface area contributed by atoms with E-state index >= 15 is 0 Å². The third-order valence-corrected chi connectivity index (χ3v) is 2.97. The first-order valence-electron chi connectivity index (χ1n) is 6.24. The molecule has 3 heteroatoms. The highest BCUT2D eigenvalue weighted by Crippen LogP contribution is 2.29. The summed E-state index contributed by atoms with van der Waals surface area (Å²) in [5, 5.41) is 9.74. The van der Waals surface area contributed by atoms with Crippen LogP contribution in [0, 0.1) is 12.7 Å². The molecule has 0 fully saturated rings. The molecule has 0 saturated heterocycles.